The third kappa shape index (κ3) is 2.69. The first-order chi connectivity index (χ1) is 10.4. The molecule has 1 aliphatic heterocycles. The van der Waals surface area contributed by atoms with Gasteiger partial charge < -0.3 is 0 Å². The minimum atomic E-state index is -0.296. The van der Waals surface area contributed by atoms with Crippen LogP contribution in [0.15, 0.2) is 47.4 Å². The normalized spacial score (nSPS) is 17.8. The van der Waals surface area contributed by atoms with E-state index in [1.54, 1.807) is 4.90 Å². The van der Waals surface area contributed by atoms with Crippen molar-refractivity contribution >= 4 is 51.1 Å². The van der Waals surface area contributed by atoms with Crippen molar-refractivity contribution in [1.82, 2.24) is 4.90 Å². The minimum absolute atomic E-state index is 0.00423. The van der Waals surface area contributed by atoms with Gasteiger partial charge in [-0.25, -0.2) is 0 Å². The number of carbonyl (C=O) groups excluding carboxylic acids is 1. The fourth-order valence-electron chi connectivity index (χ4n) is 2.56. The summed E-state index contributed by atoms with van der Waals surface area (Å²) in [6.07, 6.45) is 1.95. The van der Waals surface area contributed by atoms with Crippen molar-refractivity contribution < 1.29 is 4.79 Å². The largest absolute Gasteiger partial charge is 0.288 e. The molecule has 0 N–H and O–H groups in total. The van der Waals surface area contributed by atoms with Gasteiger partial charge in [0.2, 0.25) is 0 Å². The highest BCUT2D eigenvalue weighted by atomic mass is 32.2. The molecule has 1 amide bonds. The van der Waals surface area contributed by atoms with E-state index in [0.29, 0.717) is 9.23 Å². The summed E-state index contributed by atoms with van der Waals surface area (Å²) in [6, 6.07) is 14.3. The van der Waals surface area contributed by atoms with E-state index in [0.717, 1.165) is 10.9 Å². The summed E-state index contributed by atoms with van der Waals surface area (Å²) in [6.45, 7) is 6.00. The van der Waals surface area contributed by atoms with E-state index in [2.05, 4.69) is 18.2 Å². The number of nitrogens with zero attached hydrogens (tertiary/aromatic N) is 1. The summed E-state index contributed by atoms with van der Waals surface area (Å²) in [5, 5.41) is 2.31. The van der Waals surface area contributed by atoms with Crippen molar-refractivity contribution in [2.75, 3.05) is 0 Å². The molecule has 0 aromatic heterocycles. The Labute approximate surface area is 140 Å². The smallest absolute Gasteiger partial charge is 0.266 e. The zero-order valence-electron chi connectivity index (χ0n) is 12.8. The van der Waals surface area contributed by atoms with Crippen LogP contribution in [-0.2, 0) is 4.79 Å². The maximum absolute atomic E-state index is 12.7. The molecule has 0 aliphatic carbocycles. The molecular formula is C18H17NOS2. The molecule has 0 radical (unpaired) electrons. The van der Waals surface area contributed by atoms with Crippen molar-refractivity contribution in [2.24, 2.45) is 0 Å². The fourth-order valence-corrected chi connectivity index (χ4v) is 4.19. The lowest BCUT2D eigenvalue weighted by atomic mass is 10.0. The Balaban J connectivity index is 2.06. The first-order valence-corrected chi connectivity index (χ1v) is 8.36. The Morgan fingerprint density at radius 3 is 2.45 bits per heavy atom. The van der Waals surface area contributed by atoms with Gasteiger partial charge in [0.25, 0.3) is 5.91 Å². The van der Waals surface area contributed by atoms with E-state index in [1.807, 2.05) is 51.1 Å². The van der Waals surface area contributed by atoms with Crippen molar-refractivity contribution in [3.05, 3.63) is 52.9 Å². The molecule has 4 heteroatoms. The number of rotatable bonds is 1. The van der Waals surface area contributed by atoms with E-state index in [9.17, 15) is 4.79 Å². The first-order valence-electron chi connectivity index (χ1n) is 7.14. The predicted octanol–water partition coefficient (Wildman–Crippen LogP) is 4.84. The average Bonchev–Trinajstić information content (AvgIpc) is 2.73. The number of fused-ring (bicyclic) bond motifs is 1. The third-order valence-corrected chi connectivity index (χ3v) is 4.88. The highest BCUT2D eigenvalue weighted by Crippen LogP contribution is 2.37. The molecule has 112 valence electrons. The first kappa shape index (κ1) is 15.3. The molecule has 2 aromatic carbocycles. The number of thioether (sulfide) groups is 1. The highest BCUT2D eigenvalue weighted by molar-refractivity contribution is 8.26. The molecule has 0 bridgehead atoms. The molecule has 1 fully saturated rings. The summed E-state index contributed by atoms with van der Waals surface area (Å²) in [5.41, 5.74) is 0.753. The van der Waals surface area contributed by atoms with Crippen molar-refractivity contribution in [3.63, 3.8) is 0 Å². The lowest BCUT2D eigenvalue weighted by Crippen LogP contribution is -2.44. The van der Waals surface area contributed by atoms with Crippen LogP contribution in [0, 0.1) is 0 Å². The SMILES string of the molecule is CC(C)(C)N1C(=O)/C(=C/c2cccc3ccccc23)SC1=S. The second-order valence-corrected chi connectivity index (χ2v) is 7.93. The van der Waals surface area contributed by atoms with Gasteiger partial charge in [0.15, 0.2) is 0 Å². The third-order valence-electron chi connectivity index (χ3n) is 3.57. The van der Waals surface area contributed by atoms with E-state index in [-0.39, 0.29) is 11.4 Å². The Kier molecular flexibility index (Phi) is 3.83. The van der Waals surface area contributed by atoms with Crippen LogP contribution in [0.1, 0.15) is 26.3 Å². The van der Waals surface area contributed by atoms with Gasteiger partial charge in [0, 0.05) is 5.54 Å². The van der Waals surface area contributed by atoms with Crippen molar-refractivity contribution in [1.29, 1.82) is 0 Å². The predicted molar refractivity (Wildman–Crippen MR) is 98.7 cm³/mol. The lowest BCUT2D eigenvalue weighted by Gasteiger charge is -2.30. The minimum Gasteiger partial charge on any atom is -0.288 e. The van der Waals surface area contributed by atoms with E-state index in [4.69, 9.17) is 12.2 Å². The van der Waals surface area contributed by atoms with Crippen LogP contribution in [-0.4, -0.2) is 20.7 Å². The molecule has 1 heterocycles. The van der Waals surface area contributed by atoms with Crippen LogP contribution >= 0.6 is 24.0 Å². The summed E-state index contributed by atoms with van der Waals surface area (Å²) in [7, 11) is 0. The molecule has 0 unspecified atom stereocenters. The molecule has 2 nitrogen and oxygen atoms in total. The summed E-state index contributed by atoms with van der Waals surface area (Å²) in [5.74, 6) is -0.00423. The second kappa shape index (κ2) is 5.52. The molecule has 3 rings (SSSR count). The number of carbonyl (C=O) groups is 1. The number of benzene rings is 2. The van der Waals surface area contributed by atoms with Gasteiger partial charge in [-0.1, -0.05) is 66.4 Å². The van der Waals surface area contributed by atoms with Crippen LogP contribution in [0.2, 0.25) is 0 Å². The van der Waals surface area contributed by atoms with Gasteiger partial charge >= 0.3 is 0 Å². The van der Waals surface area contributed by atoms with Gasteiger partial charge in [-0.3, -0.25) is 9.69 Å². The Morgan fingerprint density at radius 1 is 1.09 bits per heavy atom. The van der Waals surface area contributed by atoms with Gasteiger partial charge in [0.05, 0.1) is 4.91 Å². The Hall–Kier alpha value is -1.65. The number of hydrogen-bond acceptors (Lipinski definition) is 3. The maximum atomic E-state index is 12.7. The van der Waals surface area contributed by atoms with Gasteiger partial charge in [-0.05, 0) is 43.2 Å². The monoisotopic (exact) mass is 327 g/mol. The Bertz CT molecular complexity index is 797. The highest BCUT2D eigenvalue weighted by Gasteiger charge is 2.39. The van der Waals surface area contributed by atoms with Crippen LogP contribution in [0.3, 0.4) is 0 Å². The molecule has 1 aliphatic rings. The number of thiocarbonyl (C=S) groups is 1. The Morgan fingerprint density at radius 2 is 1.77 bits per heavy atom. The van der Waals surface area contributed by atoms with Crippen LogP contribution < -0.4 is 0 Å². The molecule has 22 heavy (non-hydrogen) atoms. The van der Waals surface area contributed by atoms with Crippen LogP contribution in [0.25, 0.3) is 16.8 Å². The quantitative estimate of drug-likeness (QED) is 0.552. The zero-order valence-corrected chi connectivity index (χ0v) is 14.4. The second-order valence-electron chi connectivity index (χ2n) is 6.26. The zero-order chi connectivity index (χ0) is 15.9. The maximum Gasteiger partial charge on any atom is 0.266 e. The lowest BCUT2D eigenvalue weighted by molar-refractivity contribution is -0.125. The van der Waals surface area contributed by atoms with Crippen LogP contribution in [0.4, 0.5) is 0 Å². The molecule has 1 saturated heterocycles. The topological polar surface area (TPSA) is 20.3 Å². The van der Waals surface area contributed by atoms with Gasteiger partial charge in [-0.15, -0.1) is 0 Å². The molecule has 0 spiro atoms. The van der Waals surface area contributed by atoms with E-state index in [1.165, 1.54) is 17.1 Å². The van der Waals surface area contributed by atoms with Crippen LogP contribution in [0.5, 0.6) is 0 Å². The molecular weight excluding hydrogens is 310 g/mol. The fraction of sp³-hybridized carbons (Fsp3) is 0.222. The summed E-state index contributed by atoms with van der Waals surface area (Å²) < 4.78 is 0.629. The summed E-state index contributed by atoms with van der Waals surface area (Å²) >= 11 is 6.76. The average molecular weight is 327 g/mol. The van der Waals surface area contributed by atoms with Gasteiger partial charge in [0.1, 0.15) is 4.32 Å². The molecule has 2 aromatic rings. The number of amides is 1. The standard InChI is InChI=1S/C18H17NOS2/c1-18(2,3)19-16(20)15(22-17(19)21)11-13-9-6-8-12-7-4-5-10-14(12)13/h4-11H,1-3H3/b15-11-. The van der Waals surface area contributed by atoms with Crippen molar-refractivity contribution in [2.45, 2.75) is 26.3 Å². The van der Waals surface area contributed by atoms with Crippen molar-refractivity contribution in [3.8, 4) is 0 Å². The summed E-state index contributed by atoms with van der Waals surface area (Å²) in [4.78, 5) is 15.0. The molecule has 0 saturated carbocycles. The van der Waals surface area contributed by atoms with Gasteiger partial charge in [-0.2, -0.15) is 0 Å². The van der Waals surface area contributed by atoms with E-state index >= 15 is 0 Å². The van der Waals surface area contributed by atoms with E-state index < -0.39 is 0 Å². The molecule has 0 atom stereocenters. The number of hydrogen-bond donors (Lipinski definition) is 0.